The van der Waals surface area contributed by atoms with Gasteiger partial charge in [0.1, 0.15) is 23.5 Å². The number of hydrogen-bond donors (Lipinski definition) is 7. The van der Waals surface area contributed by atoms with Crippen LogP contribution in [0.5, 0.6) is 11.8 Å². The van der Waals surface area contributed by atoms with Gasteiger partial charge >= 0.3 is 15.5 Å². The van der Waals surface area contributed by atoms with E-state index in [0.717, 1.165) is 12.8 Å². The monoisotopic (exact) mass is 850 g/mol. The van der Waals surface area contributed by atoms with Crippen molar-refractivity contribution in [2.24, 2.45) is 0 Å². The third-order valence-electron chi connectivity index (χ3n) is 8.68. The average molecular weight is 851 g/mol. The van der Waals surface area contributed by atoms with Crippen LogP contribution in [0.15, 0.2) is 6.33 Å². The largest absolute Gasteiger partial charge is 0.476 e. The number of ether oxygens (including phenoxy) is 4. The van der Waals surface area contributed by atoms with Crippen molar-refractivity contribution < 1.29 is 50.9 Å². The maximum absolute atomic E-state index is 14.4. The summed E-state index contributed by atoms with van der Waals surface area (Å²) in [5, 5.41) is 8.51. The van der Waals surface area contributed by atoms with Crippen LogP contribution in [0.3, 0.4) is 0 Å². The number of rotatable bonds is 23. The second-order valence-electron chi connectivity index (χ2n) is 13.1. The summed E-state index contributed by atoms with van der Waals surface area (Å²) in [6.45, 7) is 10.6. The zero-order valence-electron chi connectivity index (χ0n) is 33.2. The molecule has 0 aliphatic carbocycles. The van der Waals surface area contributed by atoms with Gasteiger partial charge in [-0.2, -0.15) is 19.9 Å². The summed E-state index contributed by atoms with van der Waals surface area (Å²) in [6.07, 6.45) is 2.95. The first-order valence-corrected chi connectivity index (χ1v) is 21.9. The third kappa shape index (κ3) is 13.5. The van der Waals surface area contributed by atoms with Gasteiger partial charge in [0, 0.05) is 20.2 Å². The molecule has 0 bridgehead atoms. The Kier molecular flexibility index (Phi) is 17.4. The van der Waals surface area contributed by atoms with E-state index in [1.165, 1.54) is 20.4 Å². The number of unbranched alkanes of at least 4 members (excludes halogenated alkanes) is 3. The summed E-state index contributed by atoms with van der Waals surface area (Å²) in [5.74, 6) is 1.62. The number of nitrogens with zero attached hydrogens (tertiary/aromatic N) is 6. The Balaban J connectivity index is 0.000000463. The number of H-pyrrole nitrogens is 1. The lowest BCUT2D eigenvalue weighted by Gasteiger charge is -2.29. The van der Waals surface area contributed by atoms with Gasteiger partial charge in [-0.3, -0.25) is 9.05 Å². The summed E-state index contributed by atoms with van der Waals surface area (Å²) < 4.78 is 77.3. The smallest absolute Gasteiger partial charge is 0.405 e. The number of alkyl halides is 1. The van der Waals surface area contributed by atoms with E-state index in [0.29, 0.717) is 80.1 Å². The minimum Gasteiger partial charge on any atom is -0.476 e. The van der Waals surface area contributed by atoms with Crippen LogP contribution in [-0.2, 0) is 32.2 Å². The minimum atomic E-state index is -4.05. The number of halogens is 1. The lowest BCUT2D eigenvalue weighted by Crippen LogP contribution is -2.39. The van der Waals surface area contributed by atoms with E-state index in [4.69, 9.17) is 44.0 Å². The van der Waals surface area contributed by atoms with E-state index in [1.807, 2.05) is 32.6 Å². The highest BCUT2D eigenvalue weighted by Crippen LogP contribution is 2.47. The first-order chi connectivity index (χ1) is 27.1. The molecule has 0 saturated carbocycles. The molecule has 25 heteroatoms. The highest BCUT2D eigenvalue weighted by molar-refractivity contribution is 7.51. The molecule has 0 spiro atoms. The standard InChI is InChI=1S/C25H48FN7O9P2.C7H9N5O/c1-6-19(41-18(3)33-17-28-21-22(33)31-24(27)32-23(21)39-7-2)14-40-43(34,35)29-12-10-8-9-11-13-30-44(36,37-5)42-20-15-38-16-25(20,4)26;1-2-13-6-4-5(10-3-9-4)11-7(8)12-6/h18-20,28H,6-17H2,1-5H3,(H,30,36)(H2,27,31,32)(H2,29,34,35);3H,2H2,1H3,(H3,8,9,10,11,12)/t18?,19?,20-,25+,44?;/m1./s1. The summed E-state index contributed by atoms with van der Waals surface area (Å²) in [7, 11) is -6.48. The highest BCUT2D eigenvalue weighted by atomic mass is 31.2. The molecule has 5 heterocycles. The zero-order valence-corrected chi connectivity index (χ0v) is 35.0. The normalized spacial score (nSPS) is 20.8. The van der Waals surface area contributed by atoms with Gasteiger partial charge in [-0.15, -0.1) is 0 Å². The Morgan fingerprint density at radius 1 is 1.05 bits per heavy atom. The molecule has 0 radical (unpaired) electrons. The molecule has 22 nitrogen and oxygen atoms in total. The molecule has 57 heavy (non-hydrogen) atoms. The molecule has 0 amide bonds. The molecule has 322 valence electrons. The number of nitrogens with one attached hydrogen (secondary N) is 4. The number of hydrogen-bond acceptors (Lipinski definition) is 18. The van der Waals surface area contributed by atoms with Crippen LogP contribution in [0.4, 0.5) is 27.8 Å². The van der Waals surface area contributed by atoms with Crippen LogP contribution in [-0.4, -0.2) is 119 Å². The van der Waals surface area contributed by atoms with E-state index in [9.17, 15) is 18.4 Å². The van der Waals surface area contributed by atoms with Crippen molar-refractivity contribution in [1.82, 2.24) is 40.1 Å². The van der Waals surface area contributed by atoms with Crippen molar-refractivity contribution in [3.05, 3.63) is 6.33 Å². The van der Waals surface area contributed by atoms with E-state index in [2.05, 4.69) is 45.4 Å². The van der Waals surface area contributed by atoms with E-state index < -0.39 is 39.6 Å². The van der Waals surface area contributed by atoms with E-state index in [-0.39, 0.29) is 38.3 Å². The Labute approximate surface area is 331 Å². The third-order valence-corrected chi connectivity index (χ3v) is 11.4. The summed E-state index contributed by atoms with van der Waals surface area (Å²) in [4.78, 5) is 35.3. The van der Waals surface area contributed by atoms with Gasteiger partial charge in [-0.25, -0.2) is 28.7 Å². The topological polar surface area (TPSA) is 291 Å². The van der Waals surface area contributed by atoms with Crippen LogP contribution in [0, 0.1) is 0 Å². The molecular formula is C32H57FN12O10P2. The van der Waals surface area contributed by atoms with Crippen LogP contribution in [0.25, 0.3) is 11.2 Å². The van der Waals surface area contributed by atoms with Gasteiger partial charge in [-0.05, 0) is 47.0 Å². The van der Waals surface area contributed by atoms with Gasteiger partial charge in [0.05, 0.1) is 52.1 Å². The van der Waals surface area contributed by atoms with E-state index in [1.54, 1.807) is 0 Å². The van der Waals surface area contributed by atoms with Crippen molar-refractivity contribution in [3.8, 4) is 11.8 Å². The molecule has 5 rings (SSSR count). The Morgan fingerprint density at radius 3 is 2.37 bits per heavy atom. The molecule has 3 aromatic rings. The number of anilines is 4. The highest BCUT2D eigenvalue weighted by Gasteiger charge is 2.45. The second-order valence-corrected chi connectivity index (χ2v) is 16.6. The van der Waals surface area contributed by atoms with Gasteiger partial charge in [-0.1, -0.05) is 19.8 Å². The van der Waals surface area contributed by atoms with Crippen LogP contribution in [0.1, 0.15) is 66.7 Å². The van der Waals surface area contributed by atoms with Gasteiger partial charge in [0.25, 0.3) is 0 Å². The lowest BCUT2D eigenvalue weighted by atomic mass is 10.1. The molecule has 2 aliphatic rings. The Morgan fingerprint density at radius 2 is 1.72 bits per heavy atom. The second kappa shape index (κ2) is 21.5. The fraction of sp³-hybridized carbons (Fsp3) is 0.719. The van der Waals surface area contributed by atoms with Gasteiger partial charge < -0.3 is 55.0 Å². The molecule has 1 saturated heterocycles. The fourth-order valence-corrected chi connectivity index (χ4v) is 7.85. The maximum Gasteiger partial charge on any atom is 0.405 e. The molecular weight excluding hydrogens is 793 g/mol. The van der Waals surface area contributed by atoms with Gasteiger partial charge in [0.2, 0.25) is 23.7 Å². The molecule has 9 N–H and O–H groups in total. The summed E-state index contributed by atoms with van der Waals surface area (Å²) >= 11 is 0. The average Bonchev–Trinajstić information content (AvgIpc) is 3.90. The molecule has 3 aromatic heterocycles. The van der Waals surface area contributed by atoms with Crippen molar-refractivity contribution in [1.29, 1.82) is 0 Å². The summed E-state index contributed by atoms with van der Waals surface area (Å²) in [6, 6.07) is 0. The molecule has 0 aromatic carbocycles. The first-order valence-electron chi connectivity index (χ1n) is 18.8. The molecule has 4 unspecified atom stereocenters. The predicted molar refractivity (Wildman–Crippen MR) is 211 cm³/mol. The zero-order chi connectivity index (χ0) is 41.6. The van der Waals surface area contributed by atoms with Crippen LogP contribution < -0.4 is 41.3 Å². The number of nitrogens with two attached hydrogens (primary N) is 2. The van der Waals surface area contributed by atoms with Crippen molar-refractivity contribution in [2.75, 3.05) is 81.6 Å². The maximum atomic E-state index is 14.4. The predicted octanol–water partition coefficient (Wildman–Crippen LogP) is 3.88. The van der Waals surface area contributed by atoms with Crippen LogP contribution in [0.2, 0.25) is 0 Å². The van der Waals surface area contributed by atoms with Crippen molar-refractivity contribution >= 4 is 50.1 Å². The number of aromatic amines is 1. The van der Waals surface area contributed by atoms with Crippen LogP contribution >= 0.6 is 15.5 Å². The lowest BCUT2D eigenvalue weighted by molar-refractivity contribution is -0.0294. The van der Waals surface area contributed by atoms with Crippen molar-refractivity contribution in [3.63, 3.8) is 0 Å². The molecule has 6 atom stereocenters. The quantitative estimate of drug-likeness (QED) is 0.0526. The SMILES string of the molecule is CCOc1nc(N)nc2c1NCN2C(C)OC(CC)COP(=O)(O)NCCCCCCNP(=O)(OC)O[C@@H]1COC[C@]1(C)F.CCOc1nc(N)nc2nc[nH]c12. The Hall–Kier alpha value is -3.50. The minimum absolute atomic E-state index is 0.00581. The Bertz CT molecular complexity index is 1810. The number of aromatic nitrogens is 6. The fourth-order valence-electron chi connectivity index (χ4n) is 5.61. The summed E-state index contributed by atoms with van der Waals surface area (Å²) in [5.41, 5.74) is 11.4. The molecule has 2 aliphatic heterocycles. The number of nitrogen functional groups attached to an aromatic ring is 2. The van der Waals surface area contributed by atoms with Gasteiger partial charge in [0.15, 0.2) is 17.1 Å². The van der Waals surface area contributed by atoms with Crippen molar-refractivity contribution in [2.45, 2.75) is 90.8 Å². The van der Waals surface area contributed by atoms with E-state index >= 15 is 0 Å². The number of imidazole rings is 1. The number of fused-ring (bicyclic) bond motifs is 2. The molecule has 1 fully saturated rings. The first kappa shape index (κ1) is 46.2.